The van der Waals surface area contributed by atoms with Crippen molar-refractivity contribution in [2.45, 2.75) is 90.3 Å². The van der Waals surface area contributed by atoms with E-state index in [1.54, 1.807) is 0 Å². The van der Waals surface area contributed by atoms with Crippen LogP contribution in [0.25, 0.3) is 21.8 Å². The molecule has 6 heteroatoms. The van der Waals surface area contributed by atoms with Gasteiger partial charge in [0.1, 0.15) is 0 Å². The second-order valence-electron chi connectivity index (χ2n) is 9.69. The van der Waals surface area contributed by atoms with E-state index in [9.17, 15) is 0 Å². The van der Waals surface area contributed by atoms with E-state index in [0.29, 0.717) is 0 Å². The molecule has 0 N–H and O–H groups in total. The standard InChI is InChI=1S/C27H39NP2.CO.ClH.Ru/c1-18(2)29(19(3)4)16-24-13-9-11-22-15-23-12-10-14-25(27(23)28-26(22)24)17-30(20(5)6)21(7)8;1-2;;/h9-15,18-21H,16-17H2,1-8H3;;1H;/q;;;+2/p-1. The summed E-state index contributed by atoms with van der Waals surface area (Å²) in [4.78, 5) is 5.34. The summed E-state index contributed by atoms with van der Waals surface area (Å²) < 4.78 is 7.50. The summed E-state index contributed by atoms with van der Waals surface area (Å²) in [6.45, 7) is 23.6. The van der Waals surface area contributed by atoms with Crippen LogP contribution in [0, 0.1) is 6.65 Å². The summed E-state index contributed by atoms with van der Waals surface area (Å²) >= 11 is 0. The third kappa shape index (κ3) is 8.34. The molecule has 1 aromatic heterocycles. The van der Waals surface area contributed by atoms with Crippen LogP contribution in [0.2, 0.25) is 0 Å². The minimum atomic E-state index is -0.0470. The molecular formula is C28H39ClNOP2Ru+. The van der Waals surface area contributed by atoms with Crippen LogP contribution in [0.1, 0.15) is 66.5 Å². The Hall–Kier alpha value is -0.377. The minimum absolute atomic E-state index is 0. The fourth-order valence-electron chi connectivity index (χ4n) is 4.58. The van der Waals surface area contributed by atoms with E-state index >= 15 is 0 Å². The Morgan fingerprint density at radius 2 is 1.00 bits per heavy atom. The average Bonchev–Trinajstić information content (AvgIpc) is 2.74. The number of benzene rings is 2. The average molecular weight is 604 g/mol. The maximum atomic E-state index is 7.50. The molecule has 0 saturated carbocycles. The first-order valence-electron chi connectivity index (χ1n) is 11.7. The molecule has 0 bridgehead atoms. The quantitative estimate of drug-likeness (QED) is 0.103. The molecule has 0 saturated heterocycles. The van der Waals surface area contributed by atoms with Crippen molar-refractivity contribution in [3.8, 4) is 0 Å². The van der Waals surface area contributed by atoms with Gasteiger partial charge in [-0.15, -0.1) is 0 Å². The van der Waals surface area contributed by atoms with E-state index in [0.717, 1.165) is 22.6 Å². The zero-order valence-electron chi connectivity index (χ0n) is 21.7. The van der Waals surface area contributed by atoms with Gasteiger partial charge in [-0.05, 0) is 52.2 Å². The van der Waals surface area contributed by atoms with Gasteiger partial charge in [0.15, 0.2) is 0 Å². The van der Waals surface area contributed by atoms with E-state index < -0.39 is 0 Å². The van der Waals surface area contributed by atoms with Gasteiger partial charge >= 0.3 is 30.8 Å². The van der Waals surface area contributed by atoms with E-state index in [4.69, 9.17) is 9.64 Å². The number of hydrogen-bond donors (Lipinski definition) is 0. The number of aromatic nitrogens is 1. The Kier molecular flexibility index (Phi) is 15.5. The zero-order valence-corrected chi connectivity index (χ0v) is 26.0. The van der Waals surface area contributed by atoms with Crippen molar-refractivity contribution >= 4 is 37.6 Å². The zero-order chi connectivity index (χ0) is 24.0. The molecule has 0 fully saturated rings. The molecule has 186 valence electrons. The van der Waals surface area contributed by atoms with Gasteiger partial charge < -0.3 is 12.4 Å². The van der Waals surface area contributed by atoms with Crippen molar-refractivity contribution in [3.05, 3.63) is 60.2 Å². The topological polar surface area (TPSA) is 32.8 Å². The predicted octanol–water partition coefficient (Wildman–Crippen LogP) is 5.95. The van der Waals surface area contributed by atoms with E-state index in [2.05, 4.69) is 105 Å². The number of para-hydroxylation sites is 2. The van der Waals surface area contributed by atoms with Crippen LogP contribution >= 0.6 is 15.8 Å². The fourth-order valence-corrected chi connectivity index (χ4v) is 9.72. The van der Waals surface area contributed by atoms with Crippen LogP contribution < -0.4 is 12.4 Å². The molecule has 3 rings (SSSR count). The van der Waals surface area contributed by atoms with Gasteiger partial charge in [-0.25, -0.2) is 4.98 Å². The van der Waals surface area contributed by atoms with E-state index in [-0.39, 0.29) is 47.7 Å². The number of rotatable bonds is 8. The molecule has 0 amide bonds. The Bertz CT molecular complexity index is 959. The smallest absolute Gasteiger partial charge is 1.00 e. The molecule has 0 aliphatic heterocycles. The van der Waals surface area contributed by atoms with Crippen molar-refractivity contribution in [2.75, 3.05) is 0 Å². The maximum absolute atomic E-state index is 7.50. The second-order valence-corrected chi connectivity index (χ2v) is 16.5. The van der Waals surface area contributed by atoms with Gasteiger partial charge in [-0.2, -0.15) is 0 Å². The molecular weight excluding hydrogens is 565 g/mol. The number of hydrogen-bond acceptors (Lipinski definition) is 1. The van der Waals surface area contributed by atoms with Crippen molar-refractivity contribution in [1.29, 1.82) is 0 Å². The summed E-state index contributed by atoms with van der Waals surface area (Å²) in [7, 11) is -0.0940. The van der Waals surface area contributed by atoms with Gasteiger partial charge in [0.25, 0.3) is 0 Å². The van der Waals surface area contributed by atoms with Gasteiger partial charge in [0, 0.05) is 10.8 Å². The number of halogens is 1. The minimum Gasteiger partial charge on any atom is -1.00 e. The molecule has 3 aromatic rings. The third-order valence-corrected chi connectivity index (χ3v) is 12.9. The normalized spacial score (nSPS) is 11.3. The van der Waals surface area contributed by atoms with Gasteiger partial charge in [0.05, 0.1) is 11.0 Å². The largest absolute Gasteiger partial charge is 2.00 e. The first kappa shape index (κ1) is 33.6. The van der Waals surface area contributed by atoms with Gasteiger partial charge in [0.2, 0.25) is 0 Å². The molecule has 0 aliphatic carbocycles. The Morgan fingerprint density at radius 1 is 0.676 bits per heavy atom. The van der Waals surface area contributed by atoms with Crippen molar-refractivity contribution in [3.63, 3.8) is 0 Å². The molecule has 0 spiro atoms. The van der Waals surface area contributed by atoms with Crippen LogP contribution in [0.5, 0.6) is 0 Å². The van der Waals surface area contributed by atoms with Crippen LogP contribution in [-0.4, -0.2) is 27.6 Å². The van der Waals surface area contributed by atoms with Crippen LogP contribution in [-0.2, 0) is 36.5 Å². The molecule has 0 aliphatic rings. The van der Waals surface area contributed by atoms with Gasteiger partial charge in [-0.1, -0.05) is 108 Å². The molecule has 0 atom stereocenters. The van der Waals surface area contributed by atoms with Gasteiger partial charge in [-0.3, -0.25) is 0 Å². The summed E-state index contributed by atoms with van der Waals surface area (Å²) in [5, 5.41) is 2.57. The Labute approximate surface area is 228 Å². The van der Waals surface area contributed by atoms with Crippen LogP contribution in [0.4, 0.5) is 0 Å². The fraction of sp³-hybridized carbons (Fsp3) is 0.500. The van der Waals surface area contributed by atoms with Crippen molar-refractivity contribution in [2.24, 2.45) is 0 Å². The first-order chi connectivity index (χ1) is 15.2. The monoisotopic (exact) mass is 604 g/mol. The predicted molar refractivity (Wildman–Crippen MR) is 145 cm³/mol. The maximum Gasteiger partial charge on any atom is 2.00 e. The van der Waals surface area contributed by atoms with E-state index in [1.165, 1.54) is 45.3 Å². The summed E-state index contributed by atoms with van der Waals surface area (Å²) in [6, 6.07) is 15.9. The second kappa shape index (κ2) is 15.7. The summed E-state index contributed by atoms with van der Waals surface area (Å²) in [6.07, 6.45) is 2.35. The SMILES string of the molecule is CC(C)P(Cc1cccc2cc3cccc(CP(C(C)C)C(C)C)c3nc12)C(C)C.[C-]#[O+].[Cl-].[Ru+2]. The molecule has 2 aromatic carbocycles. The molecule has 1 heterocycles. The van der Waals surface area contributed by atoms with Crippen LogP contribution in [0.3, 0.4) is 0 Å². The third-order valence-electron chi connectivity index (χ3n) is 6.20. The Balaban J connectivity index is 0.00000265. The Morgan fingerprint density at radius 3 is 1.29 bits per heavy atom. The first-order valence-corrected chi connectivity index (χ1v) is 15.0. The summed E-state index contributed by atoms with van der Waals surface area (Å²) in [5.41, 5.74) is 8.30. The number of pyridine rings is 1. The molecule has 0 radical (unpaired) electrons. The van der Waals surface area contributed by atoms with Crippen LogP contribution in [0.15, 0.2) is 42.5 Å². The number of fused-ring (bicyclic) bond motifs is 2. The van der Waals surface area contributed by atoms with Crippen molar-refractivity contribution in [1.82, 2.24) is 4.98 Å². The molecule has 34 heavy (non-hydrogen) atoms. The molecule has 2 nitrogen and oxygen atoms in total. The molecule has 0 unspecified atom stereocenters. The summed E-state index contributed by atoms with van der Waals surface area (Å²) in [5.74, 6) is 0. The van der Waals surface area contributed by atoms with E-state index in [1.807, 2.05) is 0 Å². The number of nitrogens with zero attached hydrogens (tertiary/aromatic N) is 1. The van der Waals surface area contributed by atoms with Crippen molar-refractivity contribution < 1.29 is 36.5 Å².